The van der Waals surface area contributed by atoms with Crippen molar-refractivity contribution >= 4 is 0 Å². The predicted molar refractivity (Wildman–Crippen MR) is 70.1 cm³/mol. The Balaban J connectivity index is 2.28. The second kappa shape index (κ2) is 7.73. The van der Waals surface area contributed by atoms with Gasteiger partial charge >= 0.3 is 0 Å². The van der Waals surface area contributed by atoms with Gasteiger partial charge in [-0.2, -0.15) is 5.26 Å². The highest BCUT2D eigenvalue weighted by atomic mass is 16.5. The Bertz CT molecular complexity index is 379. The van der Waals surface area contributed by atoms with E-state index in [1.165, 1.54) is 25.7 Å². The largest absolute Gasteiger partial charge is 0.494 e. The summed E-state index contributed by atoms with van der Waals surface area (Å²) in [4.78, 5) is 0. The Kier molecular flexibility index (Phi) is 6.17. The highest BCUT2D eigenvalue weighted by Crippen LogP contribution is 2.17. The van der Waals surface area contributed by atoms with Crippen LogP contribution in [0.4, 0.5) is 0 Å². The number of nitrogens with zero attached hydrogens (tertiary/aromatic N) is 1. The monoisotopic (exact) mass is 231 g/mol. The lowest BCUT2D eigenvalue weighted by Crippen LogP contribution is -1.98. The molecule has 0 radical (unpaired) electrons. The van der Waals surface area contributed by atoms with Crippen LogP contribution in [0.25, 0.3) is 0 Å². The van der Waals surface area contributed by atoms with Crippen LogP contribution in [0.5, 0.6) is 5.75 Å². The maximum absolute atomic E-state index is 8.82. The highest BCUT2D eigenvalue weighted by Gasteiger charge is 1.99. The third-order valence-electron chi connectivity index (χ3n) is 2.83. The zero-order chi connectivity index (χ0) is 12.5. The molecule has 0 N–H and O–H groups in total. The smallest absolute Gasteiger partial charge is 0.119 e. The molecule has 1 aromatic rings. The molecule has 0 aliphatic rings. The maximum Gasteiger partial charge on any atom is 0.119 e. The first-order valence-corrected chi connectivity index (χ1v) is 6.41. The van der Waals surface area contributed by atoms with E-state index in [1.807, 2.05) is 25.1 Å². The Morgan fingerprint density at radius 3 is 2.59 bits per heavy atom. The Hall–Kier alpha value is -1.49. The van der Waals surface area contributed by atoms with Gasteiger partial charge in [0.1, 0.15) is 5.75 Å². The molecular formula is C15H21NO. The lowest BCUT2D eigenvalue weighted by molar-refractivity contribution is 0.304. The summed E-state index contributed by atoms with van der Waals surface area (Å²) in [6.07, 6.45) is 6.24. The van der Waals surface area contributed by atoms with E-state index < -0.39 is 0 Å². The van der Waals surface area contributed by atoms with Crippen LogP contribution in [0, 0.1) is 18.3 Å². The third kappa shape index (κ3) is 4.91. The summed E-state index contributed by atoms with van der Waals surface area (Å²) in [7, 11) is 0. The van der Waals surface area contributed by atoms with Crippen molar-refractivity contribution in [1.29, 1.82) is 5.26 Å². The van der Waals surface area contributed by atoms with Crippen LogP contribution in [0.1, 0.15) is 50.2 Å². The lowest BCUT2D eigenvalue weighted by atomic mass is 10.1. The molecule has 0 unspecified atom stereocenters. The van der Waals surface area contributed by atoms with Crippen molar-refractivity contribution in [3.8, 4) is 11.8 Å². The summed E-state index contributed by atoms with van der Waals surface area (Å²) in [5.41, 5.74) is 1.70. The van der Waals surface area contributed by atoms with Crippen molar-refractivity contribution in [1.82, 2.24) is 0 Å². The van der Waals surface area contributed by atoms with E-state index in [1.54, 1.807) is 0 Å². The molecule has 2 nitrogen and oxygen atoms in total. The summed E-state index contributed by atoms with van der Waals surface area (Å²) < 4.78 is 5.66. The molecule has 17 heavy (non-hydrogen) atoms. The zero-order valence-corrected chi connectivity index (χ0v) is 10.8. The molecule has 0 amide bonds. The fourth-order valence-corrected chi connectivity index (χ4v) is 1.75. The molecule has 0 heterocycles. The fraction of sp³-hybridized carbons (Fsp3) is 0.533. The summed E-state index contributed by atoms with van der Waals surface area (Å²) in [6, 6.07) is 7.79. The summed E-state index contributed by atoms with van der Waals surface area (Å²) in [5, 5.41) is 8.82. The number of hydrogen-bond donors (Lipinski definition) is 0. The predicted octanol–water partition coefficient (Wildman–Crippen LogP) is 4.22. The average Bonchev–Trinajstić information content (AvgIpc) is 2.34. The Morgan fingerprint density at radius 2 is 1.94 bits per heavy atom. The summed E-state index contributed by atoms with van der Waals surface area (Å²) in [6.45, 7) is 4.93. The first-order chi connectivity index (χ1) is 8.27. The molecule has 0 saturated carbocycles. The van der Waals surface area contributed by atoms with Crippen LogP contribution in [0.2, 0.25) is 0 Å². The molecule has 0 atom stereocenters. The molecule has 1 rings (SSSR count). The van der Waals surface area contributed by atoms with Gasteiger partial charge in [-0.05, 0) is 37.1 Å². The van der Waals surface area contributed by atoms with E-state index >= 15 is 0 Å². The first kappa shape index (κ1) is 13.6. The minimum Gasteiger partial charge on any atom is -0.494 e. The number of benzene rings is 1. The molecule has 0 fully saturated rings. The maximum atomic E-state index is 8.82. The van der Waals surface area contributed by atoms with Gasteiger partial charge in [-0.25, -0.2) is 0 Å². The number of hydrogen-bond acceptors (Lipinski definition) is 2. The van der Waals surface area contributed by atoms with Gasteiger partial charge in [0.2, 0.25) is 0 Å². The van der Waals surface area contributed by atoms with E-state index in [4.69, 9.17) is 10.00 Å². The van der Waals surface area contributed by atoms with Crippen molar-refractivity contribution in [2.45, 2.75) is 46.0 Å². The molecule has 92 valence electrons. The average molecular weight is 231 g/mol. The van der Waals surface area contributed by atoms with Crippen molar-refractivity contribution in [3.63, 3.8) is 0 Å². The molecule has 0 aliphatic carbocycles. The quantitative estimate of drug-likeness (QED) is 0.658. The molecule has 0 aromatic heterocycles. The Labute approximate surface area is 104 Å². The first-order valence-electron chi connectivity index (χ1n) is 6.41. The fourth-order valence-electron chi connectivity index (χ4n) is 1.75. The van der Waals surface area contributed by atoms with Crippen molar-refractivity contribution in [2.24, 2.45) is 0 Å². The van der Waals surface area contributed by atoms with E-state index in [9.17, 15) is 0 Å². The van der Waals surface area contributed by atoms with E-state index in [-0.39, 0.29) is 0 Å². The Morgan fingerprint density at radius 1 is 1.18 bits per heavy atom. The summed E-state index contributed by atoms with van der Waals surface area (Å²) >= 11 is 0. The van der Waals surface area contributed by atoms with Gasteiger partial charge in [-0.1, -0.05) is 32.6 Å². The van der Waals surface area contributed by atoms with Crippen molar-refractivity contribution in [3.05, 3.63) is 29.3 Å². The van der Waals surface area contributed by atoms with Gasteiger partial charge in [0.25, 0.3) is 0 Å². The van der Waals surface area contributed by atoms with Gasteiger partial charge in [0.15, 0.2) is 0 Å². The lowest BCUT2D eigenvalue weighted by Gasteiger charge is -2.07. The number of ether oxygens (including phenoxy) is 1. The summed E-state index contributed by atoms with van der Waals surface area (Å²) in [5.74, 6) is 0.872. The molecule has 1 aromatic carbocycles. The van der Waals surface area contributed by atoms with E-state index in [2.05, 4.69) is 13.0 Å². The van der Waals surface area contributed by atoms with Crippen LogP contribution in [-0.2, 0) is 0 Å². The van der Waals surface area contributed by atoms with Gasteiger partial charge < -0.3 is 4.74 Å². The molecular weight excluding hydrogens is 210 g/mol. The molecule has 0 aliphatic heterocycles. The van der Waals surface area contributed by atoms with Gasteiger partial charge in [-0.15, -0.1) is 0 Å². The van der Waals surface area contributed by atoms with E-state index in [0.717, 1.165) is 29.9 Å². The number of unbranched alkanes of at least 4 members (excludes halogenated alkanes) is 4. The highest BCUT2D eigenvalue weighted by molar-refractivity contribution is 5.41. The van der Waals surface area contributed by atoms with Crippen LogP contribution >= 0.6 is 0 Å². The number of rotatable bonds is 7. The molecule has 2 heteroatoms. The molecule has 0 spiro atoms. The third-order valence-corrected chi connectivity index (χ3v) is 2.83. The standard InChI is InChI=1S/C15H21NO/c1-3-4-5-6-7-10-17-15-9-8-14(12-16)13(2)11-15/h8-9,11H,3-7,10H2,1-2H3. The van der Waals surface area contributed by atoms with Gasteiger partial charge in [-0.3, -0.25) is 0 Å². The van der Waals surface area contributed by atoms with Crippen LogP contribution in [0.15, 0.2) is 18.2 Å². The second-order valence-corrected chi connectivity index (χ2v) is 4.35. The van der Waals surface area contributed by atoms with Gasteiger partial charge in [0.05, 0.1) is 18.2 Å². The number of aryl methyl sites for hydroxylation is 1. The van der Waals surface area contributed by atoms with Crippen molar-refractivity contribution < 1.29 is 4.74 Å². The zero-order valence-electron chi connectivity index (χ0n) is 10.8. The van der Waals surface area contributed by atoms with Crippen LogP contribution in [0.3, 0.4) is 0 Å². The normalized spacial score (nSPS) is 9.94. The molecule has 0 bridgehead atoms. The minimum atomic E-state index is 0.722. The topological polar surface area (TPSA) is 33.0 Å². The SMILES string of the molecule is CCCCCCCOc1ccc(C#N)c(C)c1. The molecule has 0 saturated heterocycles. The van der Waals surface area contributed by atoms with E-state index in [0.29, 0.717) is 0 Å². The van der Waals surface area contributed by atoms with Crippen LogP contribution in [-0.4, -0.2) is 6.61 Å². The number of nitriles is 1. The second-order valence-electron chi connectivity index (χ2n) is 4.35. The van der Waals surface area contributed by atoms with Crippen LogP contribution < -0.4 is 4.74 Å². The van der Waals surface area contributed by atoms with Gasteiger partial charge in [0, 0.05) is 0 Å². The van der Waals surface area contributed by atoms with Crippen molar-refractivity contribution in [2.75, 3.05) is 6.61 Å². The minimum absolute atomic E-state index is 0.722.